The van der Waals surface area contributed by atoms with E-state index < -0.39 is 0 Å². The topological polar surface area (TPSA) is 47.9 Å². The van der Waals surface area contributed by atoms with Gasteiger partial charge in [0.2, 0.25) is 0 Å². The Morgan fingerprint density at radius 1 is 1.28 bits per heavy atom. The highest BCUT2D eigenvalue weighted by molar-refractivity contribution is 5.13. The predicted octanol–water partition coefficient (Wildman–Crippen LogP) is 1.72. The van der Waals surface area contributed by atoms with Gasteiger partial charge < -0.3 is 19.3 Å². The van der Waals surface area contributed by atoms with E-state index in [1.54, 1.807) is 7.11 Å². The van der Waals surface area contributed by atoms with Crippen molar-refractivity contribution in [2.24, 2.45) is 0 Å². The van der Waals surface area contributed by atoms with Gasteiger partial charge in [-0.2, -0.15) is 0 Å². The van der Waals surface area contributed by atoms with Crippen molar-refractivity contribution in [2.45, 2.75) is 37.9 Å². The molecule has 0 unspecified atom stereocenters. The summed E-state index contributed by atoms with van der Waals surface area (Å²) in [7, 11) is 1.61. The monoisotopic (exact) mass is 252 g/mol. The van der Waals surface area contributed by atoms with Crippen LogP contribution in [-0.4, -0.2) is 37.3 Å². The van der Waals surface area contributed by atoms with Crippen LogP contribution in [0.4, 0.5) is 0 Å². The molecule has 3 atom stereocenters. The highest BCUT2D eigenvalue weighted by atomic mass is 16.7. The van der Waals surface area contributed by atoms with Gasteiger partial charge in [0.25, 0.3) is 0 Å². The molecule has 0 aliphatic carbocycles. The third kappa shape index (κ3) is 3.78. The minimum atomic E-state index is -0.281. The Bertz CT molecular complexity index is 329. The molecule has 1 aromatic carbocycles. The van der Waals surface area contributed by atoms with Crippen molar-refractivity contribution in [3.8, 4) is 0 Å². The van der Waals surface area contributed by atoms with E-state index in [4.69, 9.17) is 14.2 Å². The summed E-state index contributed by atoms with van der Waals surface area (Å²) in [6.45, 7) is 0.588. The lowest BCUT2D eigenvalue weighted by atomic mass is 10.1. The zero-order valence-corrected chi connectivity index (χ0v) is 10.6. The Morgan fingerprint density at radius 2 is 2.06 bits per heavy atom. The lowest BCUT2D eigenvalue weighted by Crippen LogP contribution is -2.39. The fourth-order valence-corrected chi connectivity index (χ4v) is 2.12. The van der Waals surface area contributed by atoms with Gasteiger partial charge in [0.05, 0.1) is 25.4 Å². The molecule has 1 heterocycles. The highest BCUT2D eigenvalue weighted by Crippen LogP contribution is 2.23. The number of ether oxygens (including phenoxy) is 3. The van der Waals surface area contributed by atoms with E-state index in [0.29, 0.717) is 19.4 Å². The predicted molar refractivity (Wildman–Crippen MR) is 67.0 cm³/mol. The Hall–Kier alpha value is -0.940. The summed E-state index contributed by atoms with van der Waals surface area (Å²) in [5.74, 6) is 0. The Labute approximate surface area is 107 Å². The average Bonchev–Trinajstić information content (AvgIpc) is 2.45. The van der Waals surface area contributed by atoms with E-state index in [9.17, 15) is 5.11 Å². The number of rotatable bonds is 5. The van der Waals surface area contributed by atoms with Crippen molar-refractivity contribution in [3.63, 3.8) is 0 Å². The van der Waals surface area contributed by atoms with Crippen LogP contribution in [0.15, 0.2) is 30.3 Å². The van der Waals surface area contributed by atoms with Crippen molar-refractivity contribution < 1.29 is 19.3 Å². The molecule has 0 saturated carbocycles. The first-order valence-corrected chi connectivity index (χ1v) is 6.26. The minimum Gasteiger partial charge on any atom is -0.394 e. The normalized spacial score (nSPS) is 28.2. The van der Waals surface area contributed by atoms with Crippen molar-refractivity contribution in [2.75, 3.05) is 13.7 Å². The van der Waals surface area contributed by atoms with Gasteiger partial charge >= 0.3 is 0 Å². The van der Waals surface area contributed by atoms with E-state index >= 15 is 0 Å². The van der Waals surface area contributed by atoms with Crippen LogP contribution in [-0.2, 0) is 20.8 Å². The smallest absolute Gasteiger partial charge is 0.160 e. The number of aliphatic hydroxyl groups excluding tert-OH is 1. The molecule has 1 fully saturated rings. The first kappa shape index (κ1) is 13.5. The summed E-state index contributed by atoms with van der Waals surface area (Å²) in [5, 5.41) is 9.17. The van der Waals surface area contributed by atoms with E-state index in [1.165, 1.54) is 0 Å². The third-order valence-corrected chi connectivity index (χ3v) is 3.12. The lowest BCUT2D eigenvalue weighted by Gasteiger charge is -2.33. The quantitative estimate of drug-likeness (QED) is 0.866. The molecule has 1 aliphatic heterocycles. The molecule has 1 aromatic rings. The minimum absolute atomic E-state index is 0.00502. The van der Waals surface area contributed by atoms with Crippen LogP contribution in [0.5, 0.6) is 0 Å². The largest absolute Gasteiger partial charge is 0.394 e. The molecular weight excluding hydrogens is 232 g/mol. The first-order chi connectivity index (χ1) is 8.81. The standard InChI is InChI=1S/C14H20O4/c1-16-14-8-12(7-13(9-15)18-14)17-10-11-5-3-2-4-6-11/h2-6,12-15H,7-10H2,1H3/t12-,13-,14+/m1/s1. The van der Waals surface area contributed by atoms with E-state index in [2.05, 4.69) is 0 Å². The van der Waals surface area contributed by atoms with Gasteiger partial charge in [-0.25, -0.2) is 0 Å². The molecule has 0 radical (unpaired) electrons. The molecule has 1 N–H and O–H groups in total. The van der Waals surface area contributed by atoms with Crippen LogP contribution >= 0.6 is 0 Å². The molecule has 100 valence electrons. The van der Waals surface area contributed by atoms with Gasteiger partial charge in [0.1, 0.15) is 0 Å². The number of methoxy groups -OCH3 is 1. The summed E-state index contributed by atoms with van der Waals surface area (Å²) in [6.07, 6.45) is 1.02. The first-order valence-electron chi connectivity index (χ1n) is 6.26. The van der Waals surface area contributed by atoms with Crippen molar-refractivity contribution >= 4 is 0 Å². The molecule has 0 aromatic heterocycles. The summed E-state index contributed by atoms with van der Waals surface area (Å²) >= 11 is 0. The van der Waals surface area contributed by atoms with Gasteiger partial charge in [-0.1, -0.05) is 30.3 Å². The molecular formula is C14H20O4. The van der Waals surface area contributed by atoms with Crippen LogP contribution in [0.1, 0.15) is 18.4 Å². The second-order valence-corrected chi connectivity index (χ2v) is 4.50. The Kier molecular flexibility index (Phi) is 5.13. The lowest BCUT2D eigenvalue weighted by molar-refractivity contribution is -0.219. The van der Waals surface area contributed by atoms with Crippen LogP contribution in [0.25, 0.3) is 0 Å². The van der Waals surface area contributed by atoms with E-state index in [1.807, 2.05) is 30.3 Å². The molecule has 0 amide bonds. The molecule has 4 nitrogen and oxygen atoms in total. The fraction of sp³-hybridized carbons (Fsp3) is 0.571. The molecule has 4 heteroatoms. The number of aliphatic hydroxyl groups is 1. The summed E-state index contributed by atoms with van der Waals surface area (Å²) < 4.78 is 16.6. The Morgan fingerprint density at radius 3 is 2.72 bits per heavy atom. The van der Waals surface area contributed by atoms with E-state index in [-0.39, 0.29) is 25.1 Å². The van der Waals surface area contributed by atoms with Crippen LogP contribution < -0.4 is 0 Å². The summed E-state index contributed by atoms with van der Waals surface area (Å²) in [4.78, 5) is 0. The number of benzene rings is 1. The zero-order chi connectivity index (χ0) is 12.8. The molecule has 0 bridgehead atoms. The molecule has 2 rings (SSSR count). The SMILES string of the molecule is CO[C@@H]1C[C@H](OCc2ccccc2)C[C@H](CO)O1. The highest BCUT2D eigenvalue weighted by Gasteiger charge is 2.29. The van der Waals surface area contributed by atoms with Crippen LogP contribution in [0.3, 0.4) is 0 Å². The van der Waals surface area contributed by atoms with Gasteiger partial charge in [-0.15, -0.1) is 0 Å². The third-order valence-electron chi connectivity index (χ3n) is 3.12. The van der Waals surface area contributed by atoms with Crippen LogP contribution in [0.2, 0.25) is 0 Å². The van der Waals surface area contributed by atoms with Gasteiger partial charge in [0, 0.05) is 20.0 Å². The zero-order valence-electron chi connectivity index (χ0n) is 10.6. The van der Waals surface area contributed by atoms with Gasteiger partial charge in [-0.05, 0) is 5.56 Å². The summed E-state index contributed by atoms with van der Waals surface area (Å²) in [6, 6.07) is 10.1. The van der Waals surface area contributed by atoms with E-state index in [0.717, 1.165) is 5.56 Å². The summed E-state index contributed by atoms with van der Waals surface area (Å²) in [5.41, 5.74) is 1.15. The number of hydrogen-bond donors (Lipinski definition) is 1. The fourth-order valence-electron chi connectivity index (χ4n) is 2.12. The number of hydrogen-bond acceptors (Lipinski definition) is 4. The maximum Gasteiger partial charge on any atom is 0.160 e. The molecule has 1 aliphatic rings. The van der Waals surface area contributed by atoms with Crippen molar-refractivity contribution in [3.05, 3.63) is 35.9 Å². The van der Waals surface area contributed by atoms with Crippen LogP contribution in [0, 0.1) is 0 Å². The second kappa shape index (κ2) is 6.85. The van der Waals surface area contributed by atoms with Crippen molar-refractivity contribution in [1.29, 1.82) is 0 Å². The second-order valence-electron chi connectivity index (χ2n) is 4.50. The molecule has 1 saturated heterocycles. The average molecular weight is 252 g/mol. The van der Waals surface area contributed by atoms with Gasteiger partial charge in [0.15, 0.2) is 6.29 Å². The van der Waals surface area contributed by atoms with Crippen molar-refractivity contribution in [1.82, 2.24) is 0 Å². The molecule has 0 spiro atoms. The molecule has 18 heavy (non-hydrogen) atoms. The Balaban J connectivity index is 1.84. The maximum atomic E-state index is 9.17. The maximum absolute atomic E-state index is 9.17. The van der Waals surface area contributed by atoms with Gasteiger partial charge in [-0.3, -0.25) is 0 Å².